The van der Waals surface area contributed by atoms with Gasteiger partial charge in [-0.15, -0.1) is 0 Å². The maximum absolute atomic E-state index is 11.7. The van der Waals surface area contributed by atoms with Crippen LogP contribution in [0.1, 0.15) is 25.3 Å². The summed E-state index contributed by atoms with van der Waals surface area (Å²) >= 11 is 0. The summed E-state index contributed by atoms with van der Waals surface area (Å²) in [6.07, 6.45) is -0.917. The molecular formula is C16H22N2O4. The molecule has 0 unspecified atom stereocenters. The maximum Gasteiger partial charge on any atom is 0.327 e. The Hall–Kier alpha value is -2.08. The lowest BCUT2D eigenvalue weighted by atomic mass is 10.0. The molecule has 120 valence electrons. The Morgan fingerprint density at radius 2 is 1.95 bits per heavy atom. The van der Waals surface area contributed by atoms with Gasteiger partial charge >= 0.3 is 6.03 Å². The maximum atomic E-state index is 11.7. The van der Waals surface area contributed by atoms with Crippen LogP contribution >= 0.6 is 0 Å². The predicted octanol–water partition coefficient (Wildman–Crippen LogP) is 1.44. The van der Waals surface area contributed by atoms with Crippen molar-refractivity contribution in [1.29, 1.82) is 0 Å². The summed E-state index contributed by atoms with van der Waals surface area (Å²) in [5.41, 5.74) is 1.06. The lowest BCUT2D eigenvalue weighted by Gasteiger charge is -2.20. The topological polar surface area (TPSA) is 70.1 Å². The van der Waals surface area contributed by atoms with Gasteiger partial charge in [-0.25, -0.2) is 4.79 Å². The Morgan fingerprint density at radius 3 is 2.55 bits per heavy atom. The van der Waals surface area contributed by atoms with Crippen LogP contribution in [0.3, 0.4) is 0 Å². The van der Waals surface area contributed by atoms with Crippen LogP contribution in [0.5, 0.6) is 5.75 Å². The highest BCUT2D eigenvalue weighted by Crippen LogP contribution is 2.25. The summed E-state index contributed by atoms with van der Waals surface area (Å²) < 4.78 is 5.65. The molecule has 1 aliphatic heterocycles. The standard InChI is InChI=1S/C16H22N2O4/c1-11(2)13-6-4-5-7-14(13)22-10-12(19)8-18-15(20)9-17(3)16(18)21/h4-7,11-12,19H,8-10H2,1-3H3/t12-/m0/s1. The molecule has 1 fully saturated rings. The number of carbonyl (C=O) groups is 2. The fourth-order valence-electron chi connectivity index (χ4n) is 2.39. The van der Waals surface area contributed by atoms with Crippen molar-refractivity contribution in [2.45, 2.75) is 25.9 Å². The quantitative estimate of drug-likeness (QED) is 0.808. The van der Waals surface area contributed by atoms with E-state index in [1.54, 1.807) is 7.05 Å². The Kier molecular flexibility index (Phi) is 5.03. The van der Waals surface area contributed by atoms with Crippen LogP contribution in [0.2, 0.25) is 0 Å². The molecule has 3 amide bonds. The number of aliphatic hydroxyl groups excluding tert-OH is 1. The van der Waals surface area contributed by atoms with Crippen molar-refractivity contribution in [3.8, 4) is 5.75 Å². The highest BCUT2D eigenvalue weighted by molar-refractivity contribution is 6.01. The number of nitrogens with zero attached hydrogens (tertiary/aromatic N) is 2. The van der Waals surface area contributed by atoms with Gasteiger partial charge in [0.2, 0.25) is 5.91 Å². The van der Waals surface area contributed by atoms with Crippen LogP contribution < -0.4 is 4.74 Å². The van der Waals surface area contributed by atoms with E-state index >= 15 is 0 Å². The van der Waals surface area contributed by atoms with Crippen molar-refractivity contribution < 1.29 is 19.4 Å². The zero-order valence-electron chi connectivity index (χ0n) is 13.2. The summed E-state index contributed by atoms with van der Waals surface area (Å²) in [5.74, 6) is 0.727. The van der Waals surface area contributed by atoms with E-state index in [1.807, 2.05) is 24.3 Å². The second-order valence-electron chi connectivity index (χ2n) is 5.80. The van der Waals surface area contributed by atoms with Crippen molar-refractivity contribution >= 4 is 11.9 Å². The molecular weight excluding hydrogens is 284 g/mol. The van der Waals surface area contributed by atoms with Gasteiger partial charge in [-0.05, 0) is 17.5 Å². The predicted molar refractivity (Wildman–Crippen MR) is 81.8 cm³/mol. The average Bonchev–Trinajstić information content (AvgIpc) is 2.72. The summed E-state index contributed by atoms with van der Waals surface area (Å²) in [5, 5.41) is 10.0. The van der Waals surface area contributed by atoms with E-state index in [2.05, 4.69) is 13.8 Å². The molecule has 1 N–H and O–H groups in total. The van der Waals surface area contributed by atoms with Gasteiger partial charge in [0.15, 0.2) is 0 Å². The average molecular weight is 306 g/mol. The number of carbonyl (C=O) groups excluding carboxylic acids is 2. The molecule has 0 spiro atoms. The summed E-state index contributed by atoms with van der Waals surface area (Å²) in [6.45, 7) is 4.17. The van der Waals surface area contributed by atoms with E-state index in [-0.39, 0.29) is 31.6 Å². The number of imide groups is 1. The number of urea groups is 1. The minimum absolute atomic E-state index is 0.0322. The van der Waals surface area contributed by atoms with Crippen molar-refractivity contribution in [3.05, 3.63) is 29.8 Å². The van der Waals surface area contributed by atoms with Crippen LogP contribution in [0.4, 0.5) is 4.79 Å². The number of likely N-dealkylation sites (N-methyl/N-ethyl adjacent to an activating group) is 1. The van der Waals surface area contributed by atoms with Gasteiger partial charge in [0, 0.05) is 7.05 Å². The van der Waals surface area contributed by atoms with Crippen LogP contribution in [-0.4, -0.2) is 59.7 Å². The van der Waals surface area contributed by atoms with E-state index in [0.29, 0.717) is 11.7 Å². The van der Waals surface area contributed by atoms with E-state index in [1.165, 1.54) is 4.90 Å². The first kappa shape index (κ1) is 16.3. The first-order valence-electron chi connectivity index (χ1n) is 7.35. The smallest absolute Gasteiger partial charge is 0.327 e. The largest absolute Gasteiger partial charge is 0.491 e. The van der Waals surface area contributed by atoms with Crippen LogP contribution in [0.25, 0.3) is 0 Å². The number of rotatable bonds is 6. The molecule has 1 heterocycles. The molecule has 1 aromatic carbocycles. The Bertz CT molecular complexity index is 559. The van der Waals surface area contributed by atoms with Crippen LogP contribution in [0, 0.1) is 0 Å². The SMILES string of the molecule is CC(C)c1ccccc1OC[C@@H](O)CN1C(=O)CN(C)C1=O. The number of aliphatic hydroxyl groups is 1. The minimum atomic E-state index is -0.917. The second kappa shape index (κ2) is 6.79. The normalized spacial score (nSPS) is 16.6. The van der Waals surface area contributed by atoms with Gasteiger partial charge in [0.25, 0.3) is 0 Å². The molecule has 0 radical (unpaired) electrons. The zero-order valence-corrected chi connectivity index (χ0v) is 13.2. The lowest BCUT2D eigenvalue weighted by Crippen LogP contribution is -2.40. The van der Waals surface area contributed by atoms with Gasteiger partial charge < -0.3 is 14.7 Å². The summed E-state index contributed by atoms with van der Waals surface area (Å²) in [6, 6.07) is 7.26. The van der Waals surface area contributed by atoms with Gasteiger partial charge in [0.1, 0.15) is 25.0 Å². The molecule has 1 saturated heterocycles. The molecule has 1 atom stereocenters. The summed E-state index contributed by atoms with van der Waals surface area (Å²) in [7, 11) is 1.56. The van der Waals surface area contributed by atoms with Crippen molar-refractivity contribution in [1.82, 2.24) is 9.80 Å². The highest BCUT2D eigenvalue weighted by atomic mass is 16.5. The van der Waals surface area contributed by atoms with Gasteiger partial charge in [-0.1, -0.05) is 32.0 Å². The molecule has 22 heavy (non-hydrogen) atoms. The Balaban J connectivity index is 1.92. The first-order valence-corrected chi connectivity index (χ1v) is 7.35. The van der Waals surface area contributed by atoms with Crippen molar-refractivity contribution in [2.75, 3.05) is 26.7 Å². The number of para-hydroxylation sites is 1. The van der Waals surface area contributed by atoms with E-state index in [0.717, 1.165) is 10.5 Å². The minimum Gasteiger partial charge on any atom is -0.491 e. The first-order chi connectivity index (χ1) is 10.4. The van der Waals surface area contributed by atoms with Crippen molar-refractivity contribution in [2.24, 2.45) is 0 Å². The lowest BCUT2D eigenvalue weighted by molar-refractivity contribution is -0.126. The van der Waals surface area contributed by atoms with Gasteiger partial charge in [-0.3, -0.25) is 9.69 Å². The number of β-amino-alcohol motifs (C(OH)–C–C–N with tert-alkyl or cyclic N) is 1. The van der Waals surface area contributed by atoms with Crippen LogP contribution in [0.15, 0.2) is 24.3 Å². The van der Waals surface area contributed by atoms with Gasteiger partial charge in [-0.2, -0.15) is 0 Å². The van der Waals surface area contributed by atoms with Gasteiger partial charge in [0.05, 0.1) is 6.54 Å². The van der Waals surface area contributed by atoms with Crippen molar-refractivity contribution in [3.63, 3.8) is 0 Å². The number of hydrogen-bond donors (Lipinski definition) is 1. The van der Waals surface area contributed by atoms with Crippen LogP contribution in [-0.2, 0) is 4.79 Å². The fourth-order valence-corrected chi connectivity index (χ4v) is 2.39. The number of hydrogen-bond acceptors (Lipinski definition) is 4. The third kappa shape index (κ3) is 3.57. The van der Waals surface area contributed by atoms with E-state index in [9.17, 15) is 14.7 Å². The highest BCUT2D eigenvalue weighted by Gasteiger charge is 2.34. The molecule has 0 saturated carbocycles. The molecule has 1 aliphatic rings. The molecule has 0 aromatic heterocycles. The molecule has 2 rings (SSSR count). The molecule has 0 bridgehead atoms. The van der Waals surface area contributed by atoms with E-state index < -0.39 is 6.10 Å². The fraction of sp³-hybridized carbons (Fsp3) is 0.500. The number of amides is 3. The monoisotopic (exact) mass is 306 g/mol. The third-order valence-electron chi connectivity index (χ3n) is 3.60. The number of ether oxygens (including phenoxy) is 1. The number of benzene rings is 1. The molecule has 0 aliphatic carbocycles. The summed E-state index contributed by atoms with van der Waals surface area (Å²) in [4.78, 5) is 25.8. The van der Waals surface area contributed by atoms with E-state index in [4.69, 9.17) is 4.74 Å². The Morgan fingerprint density at radius 1 is 1.27 bits per heavy atom. The Labute approximate surface area is 130 Å². The zero-order chi connectivity index (χ0) is 16.3. The molecule has 6 heteroatoms. The third-order valence-corrected chi connectivity index (χ3v) is 3.60. The second-order valence-corrected chi connectivity index (χ2v) is 5.80. The molecule has 6 nitrogen and oxygen atoms in total. The molecule has 1 aromatic rings.